The van der Waals surface area contributed by atoms with Gasteiger partial charge in [-0.3, -0.25) is 0 Å². The molecule has 0 saturated carbocycles. The summed E-state index contributed by atoms with van der Waals surface area (Å²) in [5.74, 6) is -0.343. The first-order valence-corrected chi connectivity index (χ1v) is 7.43. The molecular weight excluding hydrogens is 263 g/mol. The first-order chi connectivity index (χ1) is 9.16. The first kappa shape index (κ1) is 14.8. The molecule has 1 heterocycles. The number of likely N-dealkylation sites (tertiary alicyclic amines) is 1. The van der Waals surface area contributed by atoms with Crippen LogP contribution in [0.1, 0.15) is 31.7 Å². The number of nitrogens with zero attached hydrogens (tertiary/aromatic N) is 1. The molecular formula is C15H22ClFN2. The molecule has 1 unspecified atom stereocenters. The lowest BCUT2D eigenvalue weighted by molar-refractivity contribution is 0.209. The van der Waals surface area contributed by atoms with Gasteiger partial charge < -0.3 is 10.2 Å². The van der Waals surface area contributed by atoms with Crippen LogP contribution in [-0.2, 0) is 6.54 Å². The zero-order valence-corrected chi connectivity index (χ0v) is 12.2. The van der Waals surface area contributed by atoms with E-state index in [9.17, 15) is 4.39 Å². The number of piperidine rings is 1. The van der Waals surface area contributed by atoms with Crippen molar-refractivity contribution in [3.8, 4) is 0 Å². The highest BCUT2D eigenvalue weighted by atomic mass is 35.5. The predicted octanol–water partition coefficient (Wildman–Crippen LogP) is 3.44. The van der Waals surface area contributed by atoms with E-state index in [1.54, 1.807) is 6.07 Å². The van der Waals surface area contributed by atoms with Crippen molar-refractivity contribution in [2.24, 2.45) is 0 Å². The summed E-state index contributed by atoms with van der Waals surface area (Å²) in [6.07, 6.45) is 3.97. The van der Waals surface area contributed by atoms with E-state index in [1.165, 1.54) is 38.4 Å². The molecule has 1 fully saturated rings. The van der Waals surface area contributed by atoms with Gasteiger partial charge in [0.25, 0.3) is 0 Å². The van der Waals surface area contributed by atoms with Crippen molar-refractivity contribution in [2.75, 3.05) is 19.6 Å². The molecule has 2 rings (SSSR count). The van der Waals surface area contributed by atoms with Gasteiger partial charge in [0.15, 0.2) is 0 Å². The molecule has 0 amide bonds. The van der Waals surface area contributed by atoms with Crippen molar-refractivity contribution in [3.63, 3.8) is 0 Å². The van der Waals surface area contributed by atoms with Crippen LogP contribution in [0.25, 0.3) is 0 Å². The molecule has 0 spiro atoms. The molecule has 1 aromatic carbocycles. The second-order valence-corrected chi connectivity index (χ2v) is 5.73. The monoisotopic (exact) mass is 284 g/mol. The van der Waals surface area contributed by atoms with Crippen molar-refractivity contribution in [1.82, 2.24) is 10.2 Å². The van der Waals surface area contributed by atoms with Gasteiger partial charge in [-0.1, -0.05) is 30.2 Å². The van der Waals surface area contributed by atoms with Gasteiger partial charge in [0.1, 0.15) is 5.82 Å². The van der Waals surface area contributed by atoms with Gasteiger partial charge >= 0.3 is 0 Å². The Balaban J connectivity index is 1.79. The maximum atomic E-state index is 13.3. The molecule has 4 heteroatoms. The molecule has 0 bridgehead atoms. The summed E-state index contributed by atoms with van der Waals surface area (Å²) in [6, 6.07) is 5.35. The predicted molar refractivity (Wildman–Crippen MR) is 78.0 cm³/mol. The van der Waals surface area contributed by atoms with Gasteiger partial charge in [-0.05, 0) is 44.5 Å². The minimum Gasteiger partial charge on any atom is -0.309 e. The van der Waals surface area contributed by atoms with Crippen LogP contribution in [0.3, 0.4) is 0 Å². The summed E-state index contributed by atoms with van der Waals surface area (Å²) >= 11 is 5.94. The van der Waals surface area contributed by atoms with E-state index in [4.69, 9.17) is 11.6 Å². The van der Waals surface area contributed by atoms with Gasteiger partial charge in [-0.25, -0.2) is 4.39 Å². The Morgan fingerprint density at radius 3 is 2.79 bits per heavy atom. The fourth-order valence-corrected chi connectivity index (χ4v) is 2.76. The average Bonchev–Trinajstić information content (AvgIpc) is 2.42. The van der Waals surface area contributed by atoms with E-state index in [0.717, 1.165) is 12.1 Å². The maximum Gasteiger partial charge on any atom is 0.142 e. The van der Waals surface area contributed by atoms with Crippen LogP contribution in [0.4, 0.5) is 4.39 Å². The van der Waals surface area contributed by atoms with Gasteiger partial charge in [-0.2, -0.15) is 0 Å². The van der Waals surface area contributed by atoms with Gasteiger partial charge in [0.2, 0.25) is 0 Å². The van der Waals surface area contributed by atoms with E-state index >= 15 is 0 Å². The van der Waals surface area contributed by atoms with Crippen molar-refractivity contribution in [1.29, 1.82) is 0 Å². The Morgan fingerprint density at radius 1 is 1.32 bits per heavy atom. The lowest BCUT2D eigenvalue weighted by Crippen LogP contribution is -2.41. The van der Waals surface area contributed by atoms with E-state index in [0.29, 0.717) is 12.6 Å². The Kier molecular flexibility index (Phi) is 5.61. The Labute approximate surface area is 119 Å². The second kappa shape index (κ2) is 7.22. The molecule has 1 aliphatic heterocycles. The number of hydrogen-bond donors (Lipinski definition) is 1. The standard InChI is InChI=1S/C15H22ClFN2/c1-12(11-19-8-3-2-4-9-19)18-10-13-6-5-7-14(17)15(13)16/h5-7,12,18H,2-4,8-11H2,1H3. The molecule has 2 nitrogen and oxygen atoms in total. The molecule has 1 atom stereocenters. The summed E-state index contributed by atoms with van der Waals surface area (Å²) in [4.78, 5) is 2.49. The third-order valence-corrected chi connectivity index (χ3v) is 4.08. The highest BCUT2D eigenvalue weighted by Crippen LogP contribution is 2.19. The van der Waals surface area contributed by atoms with Crippen molar-refractivity contribution < 1.29 is 4.39 Å². The van der Waals surface area contributed by atoms with Crippen LogP contribution in [0, 0.1) is 5.82 Å². The normalized spacial score (nSPS) is 18.5. The van der Waals surface area contributed by atoms with Gasteiger partial charge in [0.05, 0.1) is 5.02 Å². The fraction of sp³-hybridized carbons (Fsp3) is 0.600. The quantitative estimate of drug-likeness (QED) is 0.891. The Morgan fingerprint density at radius 2 is 2.05 bits per heavy atom. The topological polar surface area (TPSA) is 15.3 Å². The minimum atomic E-state index is -0.343. The van der Waals surface area contributed by atoms with Crippen LogP contribution in [0.5, 0.6) is 0 Å². The van der Waals surface area contributed by atoms with Crippen LogP contribution in [-0.4, -0.2) is 30.6 Å². The Bertz CT molecular complexity index is 405. The number of halogens is 2. The smallest absolute Gasteiger partial charge is 0.142 e. The summed E-state index contributed by atoms with van der Waals surface area (Å²) in [6.45, 7) is 6.24. The van der Waals surface area contributed by atoms with Gasteiger partial charge in [-0.15, -0.1) is 0 Å². The molecule has 0 aliphatic carbocycles. The summed E-state index contributed by atoms with van der Waals surface area (Å²) in [5.41, 5.74) is 0.826. The second-order valence-electron chi connectivity index (χ2n) is 5.36. The molecule has 19 heavy (non-hydrogen) atoms. The summed E-state index contributed by atoms with van der Waals surface area (Å²) < 4.78 is 13.3. The third kappa shape index (κ3) is 4.44. The van der Waals surface area contributed by atoms with E-state index in [2.05, 4.69) is 17.1 Å². The lowest BCUT2D eigenvalue weighted by atomic mass is 10.1. The van der Waals surface area contributed by atoms with E-state index in [-0.39, 0.29) is 10.8 Å². The van der Waals surface area contributed by atoms with E-state index < -0.39 is 0 Å². The Hall–Kier alpha value is -0.640. The zero-order chi connectivity index (χ0) is 13.7. The average molecular weight is 285 g/mol. The number of rotatable bonds is 5. The number of nitrogens with one attached hydrogen (secondary N) is 1. The molecule has 106 valence electrons. The molecule has 0 radical (unpaired) electrons. The van der Waals surface area contributed by atoms with Crippen molar-refractivity contribution >= 4 is 11.6 Å². The highest BCUT2D eigenvalue weighted by Gasteiger charge is 2.13. The SMILES string of the molecule is CC(CN1CCCCC1)NCc1cccc(F)c1Cl. The molecule has 1 aromatic rings. The molecule has 1 saturated heterocycles. The number of benzene rings is 1. The lowest BCUT2D eigenvalue weighted by Gasteiger charge is -2.29. The van der Waals surface area contributed by atoms with Crippen LogP contribution < -0.4 is 5.32 Å². The van der Waals surface area contributed by atoms with Crippen molar-refractivity contribution in [3.05, 3.63) is 34.6 Å². The number of hydrogen-bond acceptors (Lipinski definition) is 2. The van der Waals surface area contributed by atoms with Crippen LogP contribution >= 0.6 is 11.6 Å². The largest absolute Gasteiger partial charge is 0.309 e. The third-order valence-electron chi connectivity index (χ3n) is 3.65. The fourth-order valence-electron chi connectivity index (χ4n) is 2.56. The highest BCUT2D eigenvalue weighted by molar-refractivity contribution is 6.31. The zero-order valence-electron chi connectivity index (χ0n) is 11.5. The van der Waals surface area contributed by atoms with Crippen LogP contribution in [0.2, 0.25) is 5.02 Å². The molecule has 1 aliphatic rings. The van der Waals surface area contributed by atoms with Gasteiger partial charge in [0, 0.05) is 19.1 Å². The van der Waals surface area contributed by atoms with Crippen molar-refractivity contribution in [2.45, 2.75) is 38.8 Å². The van der Waals surface area contributed by atoms with Crippen LogP contribution in [0.15, 0.2) is 18.2 Å². The first-order valence-electron chi connectivity index (χ1n) is 7.05. The van der Waals surface area contributed by atoms with E-state index in [1.807, 2.05) is 6.07 Å². The maximum absolute atomic E-state index is 13.3. The minimum absolute atomic E-state index is 0.236. The summed E-state index contributed by atoms with van der Waals surface area (Å²) in [5, 5.41) is 3.66. The molecule has 1 N–H and O–H groups in total. The summed E-state index contributed by atoms with van der Waals surface area (Å²) in [7, 11) is 0. The molecule has 0 aromatic heterocycles.